The maximum atomic E-state index is 11.6. The van der Waals surface area contributed by atoms with Gasteiger partial charge in [-0.25, -0.2) is 9.78 Å². The van der Waals surface area contributed by atoms with Gasteiger partial charge >= 0.3 is 5.97 Å². The molecule has 0 spiro atoms. The van der Waals surface area contributed by atoms with E-state index >= 15 is 0 Å². The van der Waals surface area contributed by atoms with E-state index in [-0.39, 0.29) is 11.7 Å². The lowest BCUT2D eigenvalue weighted by Gasteiger charge is -2.08. The minimum Gasteiger partial charge on any atom is -0.490 e. The number of carboxylic acid groups (broad SMARTS) is 1. The first kappa shape index (κ1) is 13.8. The number of rotatable bonds is 2. The molecule has 0 saturated carbocycles. The molecule has 23 heavy (non-hydrogen) atoms. The maximum Gasteiger partial charge on any atom is 0.336 e. The summed E-state index contributed by atoms with van der Waals surface area (Å²) in [7, 11) is 0. The van der Waals surface area contributed by atoms with Crippen LogP contribution < -0.4 is 4.74 Å². The Bertz CT molecular complexity index is 933. The van der Waals surface area contributed by atoms with Crippen LogP contribution in [-0.4, -0.2) is 22.2 Å². The molecule has 4 heteroatoms. The van der Waals surface area contributed by atoms with Gasteiger partial charge in [-0.15, -0.1) is 0 Å². The van der Waals surface area contributed by atoms with Crippen LogP contribution in [0.15, 0.2) is 48.5 Å². The van der Waals surface area contributed by atoms with Crippen molar-refractivity contribution in [2.45, 2.75) is 19.4 Å². The van der Waals surface area contributed by atoms with Gasteiger partial charge in [0.25, 0.3) is 0 Å². The number of carbonyl (C=O) groups is 1. The zero-order valence-electron chi connectivity index (χ0n) is 12.6. The van der Waals surface area contributed by atoms with Crippen LogP contribution in [0.2, 0.25) is 0 Å². The maximum absolute atomic E-state index is 11.6. The molecule has 0 saturated heterocycles. The van der Waals surface area contributed by atoms with Crippen LogP contribution in [0, 0.1) is 0 Å². The lowest BCUT2D eigenvalue weighted by atomic mass is 10.0. The second-order valence-electron chi connectivity index (χ2n) is 5.83. The van der Waals surface area contributed by atoms with Crippen molar-refractivity contribution in [3.8, 4) is 17.0 Å². The SMILES string of the molecule is CC1Cc2cc(-c3cc(C(=O)O)c4ccccc4n3)ccc2O1. The van der Waals surface area contributed by atoms with Gasteiger partial charge in [0.15, 0.2) is 0 Å². The highest BCUT2D eigenvalue weighted by atomic mass is 16.5. The van der Waals surface area contributed by atoms with Gasteiger partial charge in [-0.2, -0.15) is 0 Å². The molecule has 4 nitrogen and oxygen atoms in total. The van der Waals surface area contributed by atoms with E-state index in [1.54, 1.807) is 12.1 Å². The third-order valence-corrected chi connectivity index (χ3v) is 4.14. The summed E-state index contributed by atoms with van der Waals surface area (Å²) in [5, 5.41) is 10.2. The van der Waals surface area contributed by atoms with Crippen molar-refractivity contribution in [3.63, 3.8) is 0 Å². The van der Waals surface area contributed by atoms with Crippen molar-refractivity contribution in [1.29, 1.82) is 0 Å². The molecule has 1 unspecified atom stereocenters. The molecule has 0 bridgehead atoms. The number of nitrogens with zero attached hydrogens (tertiary/aromatic N) is 1. The lowest BCUT2D eigenvalue weighted by molar-refractivity contribution is 0.0699. The van der Waals surface area contributed by atoms with Gasteiger partial charge in [-0.1, -0.05) is 18.2 Å². The Hall–Kier alpha value is -2.88. The Balaban J connectivity index is 1.90. The highest BCUT2D eigenvalue weighted by Crippen LogP contribution is 2.33. The molecule has 0 aliphatic carbocycles. The summed E-state index contributed by atoms with van der Waals surface area (Å²) in [5.74, 6) is -0.0385. The van der Waals surface area contributed by atoms with Crippen LogP contribution >= 0.6 is 0 Å². The predicted octanol–water partition coefficient (Wildman–Crippen LogP) is 3.92. The quantitative estimate of drug-likeness (QED) is 0.779. The Morgan fingerprint density at radius 3 is 2.87 bits per heavy atom. The van der Waals surface area contributed by atoms with Gasteiger partial charge in [0.1, 0.15) is 11.9 Å². The number of aromatic nitrogens is 1. The fraction of sp³-hybridized carbons (Fsp3) is 0.158. The van der Waals surface area contributed by atoms with Crippen molar-refractivity contribution < 1.29 is 14.6 Å². The largest absolute Gasteiger partial charge is 0.490 e. The van der Waals surface area contributed by atoms with Gasteiger partial charge < -0.3 is 9.84 Å². The molecule has 0 radical (unpaired) electrons. The Labute approximate surface area is 133 Å². The van der Waals surface area contributed by atoms with Crippen LogP contribution in [0.4, 0.5) is 0 Å². The van der Waals surface area contributed by atoms with Gasteiger partial charge in [0, 0.05) is 17.4 Å². The number of para-hydroxylation sites is 1. The zero-order valence-corrected chi connectivity index (χ0v) is 12.6. The van der Waals surface area contributed by atoms with Crippen LogP contribution in [0.3, 0.4) is 0 Å². The number of fused-ring (bicyclic) bond motifs is 2. The standard InChI is InChI=1S/C19H15NO3/c1-11-8-13-9-12(6-7-18(13)23-11)17-10-15(19(21)22)14-4-2-3-5-16(14)20-17/h2-7,9-11H,8H2,1H3,(H,21,22). The van der Waals surface area contributed by atoms with Crippen molar-refractivity contribution in [3.05, 3.63) is 59.7 Å². The number of hydrogen-bond acceptors (Lipinski definition) is 3. The summed E-state index contributed by atoms with van der Waals surface area (Å²) in [5.41, 5.74) is 3.68. The zero-order chi connectivity index (χ0) is 16.0. The Morgan fingerprint density at radius 1 is 1.22 bits per heavy atom. The minimum atomic E-state index is -0.942. The first-order valence-corrected chi connectivity index (χ1v) is 7.55. The second kappa shape index (κ2) is 5.09. The van der Waals surface area contributed by atoms with Gasteiger partial charge in [0.05, 0.1) is 16.8 Å². The average molecular weight is 305 g/mol. The molecule has 1 N–H and O–H groups in total. The Morgan fingerprint density at radius 2 is 2.04 bits per heavy atom. The van der Waals surface area contributed by atoms with E-state index in [4.69, 9.17) is 4.74 Å². The number of carboxylic acids is 1. The lowest BCUT2D eigenvalue weighted by Crippen LogP contribution is -2.05. The highest BCUT2D eigenvalue weighted by molar-refractivity contribution is 6.03. The molecular formula is C19H15NO3. The van der Waals surface area contributed by atoms with Crippen LogP contribution in [0.1, 0.15) is 22.8 Å². The highest BCUT2D eigenvalue weighted by Gasteiger charge is 2.20. The molecule has 0 fully saturated rings. The summed E-state index contributed by atoms with van der Waals surface area (Å²) in [6.45, 7) is 2.04. The van der Waals surface area contributed by atoms with E-state index in [0.29, 0.717) is 16.6 Å². The monoisotopic (exact) mass is 305 g/mol. The summed E-state index contributed by atoms with van der Waals surface area (Å²) in [6.07, 6.45) is 1.04. The third kappa shape index (κ3) is 2.32. The first-order valence-electron chi connectivity index (χ1n) is 7.55. The second-order valence-corrected chi connectivity index (χ2v) is 5.83. The number of benzene rings is 2. The van der Waals surface area contributed by atoms with Crippen molar-refractivity contribution in [2.24, 2.45) is 0 Å². The van der Waals surface area contributed by atoms with Crippen molar-refractivity contribution in [2.75, 3.05) is 0 Å². The molecule has 114 valence electrons. The molecule has 1 aromatic heterocycles. The van der Waals surface area contributed by atoms with Crippen LogP contribution in [-0.2, 0) is 6.42 Å². The summed E-state index contributed by atoms with van der Waals surface area (Å²) in [4.78, 5) is 16.2. The molecular weight excluding hydrogens is 290 g/mol. The predicted molar refractivity (Wildman–Crippen MR) is 87.9 cm³/mol. The molecule has 2 aromatic carbocycles. The van der Waals surface area contributed by atoms with Crippen LogP contribution in [0.5, 0.6) is 5.75 Å². The van der Waals surface area contributed by atoms with Gasteiger partial charge in [-0.3, -0.25) is 0 Å². The summed E-state index contributed by atoms with van der Waals surface area (Å²) >= 11 is 0. The molecule has 1 aliphatic heterocycles. The topological polar surface area (TPSA) is 59.4 Å². The number of pyridine rings is 1. The van der Waals surface area contributed by atoms with E-state index in [9.17, 15) is 9.90 Å². The summed E-state index contributed by atoms with van der Waals surface area (Å²) < 4.78 is 5.72. The molecule has 1 aliphatic rings. The number of aromatic carboxylic acids is 1. The molecule has 0 amide bonds. The fourth-order valence-corrected chi connectivity index (χ4v) is 3.08. The molecule has 4 rings (SSSR count). The molecule has 2 heterocycles. The average Bonchev–Trinajstić information content (AvgIpc) is 2.92. The van der Waals surface area contributed by atoms with E-state index in [1.165, 1.54) is 0 Å². The Kier molecular flexibility index (Phi) is 3.05. The first-order chi connectivity index (χ1) is 11.1. The van der Waals surface area contributed by atoms with Crippen molar-refractivity contribution >= 4 is 16.9 Å². The summed E-state index contributed by atoms with van der Waals surface area (Å²) in [6, 6.07) is 14.9. The van der Waals surface area contributed by atoms with Gasteiger partial charge in [0.2, 0.25) is 0 Å². The normalized spacial score (nSPS) is 16.1. The van der Waals surface area contributed by atoms with E-state index in [2.05, 4.69) is 4.98 Å². The van der Waals surface area contributed by atoms with Gasteiger partial charge in [-0.05, 0) is 42.8 Å². The molecule has 1 atom stereocenters. The smallest absolute Gasteiger partial charge is 0.336 e. The number of ether oxygens (including phenoxy) is 1. The third-order valence-electron chi connectivity index (χ3n) is 4.14. The fourth-order valence-electron chi connectivity index (χ4n) is 3.08. The van der Waals surface area contributed by atoms with Crippen LogP contribution in [0.25, 0.3) is 22.2 Å². The molecule has 3 aromatic rings. The van der Waals surface area contributed by atoms with E-state index in [0.717, 1.165) is 23.3 Å². The van der Waals surface area contributed by atoms with Crippen molar-refractivity contribution in [1.82, 2.24) is 4.98 Å². The number of hydrogen-bond donors (Lipinski definition) is 1. The minimum absolute atomic E-state index is 0.180. The van der Waals surface area contributed by atoms with E-state index < -0.39 is 5.97 Å². The van der Waals surface area contributed by atoms with E-state index in [1.807, 2.05) is 43.3 Å².